The number of nitrogens with zero attached hydrogens (tertiary/aromatic N) is 2. The highest BCUT2D eigenvalue weighted by molar-refractivity contribution is 7.91. The van der Waals surface area contributed by atoms with Gasteiger partial charge in [0.05, 0.1) is 18.0 Å². The van der Waals surface area contributed by atoms with Gasteiger partial charge in [0.2, 0.25) is 0 Å². The first-order chi connectivity index (χ1) is 8.61. The summed E-state index contributed by atoms with van der Waals surface area (Å²) in [5.41, 5.74) is 1.06. The lowest BCUT2D eigenvalue weighted by Crippen LogP contribution is -2.21. The topological polar surface area (TPSA) is 64.0 Å². The second-order valence-corrected chi connectivity index (χ2v) is 7.16. The number of rotatable bonds is 8. The summed E-state index contributed by atoms with van der Waals surface area (Å²) in [7, 11) is -2.92. The number of aromatic nitrogens is 2. The van der Waals surface area contributed by atoms with Crippen molar-refractivity contribution in [2.45, 2.75) is 45.3 Å². The zero-order chi connectivity index (χ0) is 13.0. The van der Waals surface area contributed by atoms with Crippen LogP contribution in [-0.4, -0.2) is 35.7 Å². The molecule has 6 heteroatoms. The fourth-order valence-electron chi connectivity index (χ4n) is 1.89. The maximum Gasteiger partial charge on any atom is 0.152 e. The summed E-state index contributed by atoms with van der Waals surface area (Å²) in [4.78, 5) is 0. The highest BCUT2D eigenvalue weighted by atomic mass is 32.2. The standard InChI is InChI=1S/C12H21N3O2S/c1-2-8-18(16,17)9-7-15-12(5-6-14-15)10-13-11-3-4-11/h5-6,11,13H,2-4,7-10H2,1H3. The largest absolute Gasteiger partial charge is 0.308 e. The summed E-state index contributed by atoms with van der Waals surface area (Å²) >= 11 is 0. The van der Waals surface area contributed by atoms with Gasteiger partial charge in [-0.2, -0.15) is 5.10 Å². The van der Waals surface area contributed by atoms with Crippen LogP contribution in [0.25, 0.3) is 0 Å². The Morgan fingerprint density at radius 3 is 2.89 bits per heavy atom. The molecule has 0 aromatic carbocycles. The first-order valence-electron chi connectivity index (χ1n) is 6.55. The maximum absolute atomic E-state index is 11.7. The molecule has 2 rings (SSSR count). The van der Waals surface area contributed by atoms with Crippen molar-refractivity contribution in [3.8, 4) is 0 Å². The molecule has 0 spiro atoms. The molecular weight excluding hydrogens is 250 g/mol. The van der Waals surface area contributed by atoms with Crippen molar-refractivity contribution < 1.29 is 8.42 Å². The third kappa shape index (κ3) is 4.10. The van der Waals surface area contributed by atoms with Crippen LogP contribution in [0.5, 0.6) is 0 Å². The summed E-state index contributed by atoms with van der Waals surface area (Å²) in [6.07, 6.45) is 4.91. The van der Waals surface area contributed by atoms with Crippen LogP contribution in [0.2, 0.25) is 0 Å². The minimum atomic E-state index is -2.92. The average molecular weight is 271 g/mol. The van der Waals surface area contributed by atoms with Crippen LogP contribution >= 0.6 is 0 Å². The molecule has 1 heterocycles. The van der Waals surface area contributed by atoms with Gasteiger partial charge in [0.15, 0.2) is 9.84 Å². The van der Waals surface area contributed by atoms with E-state index in [2.05, 4.69) is 10.4 Å². The van der Waals surface area contributed by atoms with Crippen LogP contribution < -0.4 is 5.32 Å². The molecule has 1 N–H and O–H groups in total. The lowest BCUT2D eigenvalue weighted by atomic mass is 10.4. The molecule has 0 aliphatic heterocycles. The molecule has 18 heavy (non-hydrogen) atoms. The van der Waals surface area contributed by atoms with Crippen molar-refractivity contribution in [1.29, 1.82) is 0 Å². The Balaban J connectivity index is 1.86. The lowest BCUT2D eigenvalue weighted by Gasteiger charge is -2.08. The molecule has 0 bridgehead atoms. The molecule has 0 radical (unpaired) electrons. The number of sulfone groups is 1. The molecular formula is C12H21N3O2S. The number of nitrogens with one attached hydrogen (secondary N) is 1. The van der Waals surface area contributed by atoms with E-state index < -0.39 is 9.84 Å². The molecule has 0 atom stereocenters. The van der Waals surface area contributed by atoms with E-state index >= 15 is 0 Å². The summed E-state index contributed by atoms with van der Waals surface area (Å²) in [6.45, 7) is 3.12. The van der Waals surface area contributed by atoms with Crippen LogP contribution in [-0.2, 0) is 22.9 Å². The van der Waals surface area contributed by atoms with E-state index in [4.69, 9.17) is 0 Å². The van der Waals surface area contributed by atoms with Gasteiger partial charge in [0, 0.05) is 24.5 Å². The SMILES string of the molecule is CCCS(=O)(=O)CCn1nccc1CNC1CC1. The Hall–Kier alpha value is -0.880. The Morgan fingerprint density at radius 1 is 1.44 bits per heavy atom. The highest BCUT2D eigenvalue weighted by Crippen LogP contribution is 2.19. The third-order valence-electron chi connectivity index (χ3n) is 3.08. The molecule has 0 unspecified atom stereocenters. The Labute approximate surface area is 108 Å². The van der Waals surface area contributed by atoms with E-state index in [-0.39, 0.29) is 11.5 Å². The van der Waals surface area contributed by atoms with Crippen molar-refractivity contribution in [3.05, 3.63) is 18.0 Å². The summed E-state index contributed by atoms with van der Waals surface area (Å²) in [6, 6.07) is 2.60. The molecule has 5 nitrogen and oxygen atoms in total. The molecule has 1 aromatic rings. The minimum Gasteiger partial charge on any atom is -0.308 e. The van der Waals surface area contributed by atoms with Gasteiger partial charge < -0.3 is 5.32 Å². The lowest BCUT2D eigenvalue weighted by molar-refractivity contribution is 0.559. The predicted molar refractivity (Wildman–Crippen MR) is 71.0 cm³/mol. The van der Waals surface area contributed by atoms with Gasteiger partial charge in [-0.1, -0.05) is 6.92 Å². The Kier molecular flexibility index (Phi) is 4.40. The van der Waals surface area contributed by atoms with Crippen molar-refractivity contribution in [1.82, 2.24) is 15.1 Å². The average Bonchev–Trinajstić information content (AvgIpc) is 3.03. The second kappa shape index (κ2) is 5.84. The zero-order valence-corrected chi connectivity index (χ0v) is 11.6. The van der Waals surface area contributed by atoms with E-state index in [0.717, 1.165) is 12.2 Å². The molecule has 1 aromatic heterocycles. The van der Waals surface area contributed by atoms with Crippen LogP contribution in [0.4, 0.5) is 0 Å². The first kappa shape index (κ1) is 13.5. The smallest absolute Gasteiger partial charge is 0.152 e. The molecule has 102 valence electrons. The monoisotopic (exact) mass is 271 g/mol. The number of hydrogen-bond acceptors (Lipinski definition) is 4. The zero-order valence-electron chi connectivity index (χ0n) is 10.8. The third-order valence-corrected chi connectivity index (χ3v) is 4.92. The fraction of sp³-hybridized carbons (Fsp3) is 0.750. The molecule has 0 amide bonds. The molecule has 1 aliphatic rings. The van der Waals surface area contributed by atoms with Crippen LogP contribution in [0, 0.1) is 0 Å². The number of aryl methyl sites for hydroxylation is 1. The maximum atomic E-state index is 11.7. The first-order valence-corrected chi connectivity index (χ1v) is 8.37. The van der Waals surface area contributed by atoms with E-state index in [1.807, 2.05) is 13.0 Å². The highest BCUT2D eigenvalue weighted by Gasteiger charge is 2.20. The summed E-state index contributed by atoms with van der Waals surface area (Å²) < 4.78 is 25.1. The van der Waals surface area contributed by atoms with Crippen molar-refractivity contribution >= 4 is 9.84 Å². The summed E-state index contributed by atoms with van der Waals surface area (Å²) in [5.74, 6) is 0.447. The summed E-state index contributed by atoms with van der Waals surface area (Å²) in [5, 5.41) is 7.60. The van der Waals surface area contributed by atoms with Gasteiger partial charge in [-0.05, 0) is 25.3 Å². The molecule has 1 aliphatic carbocycles. The second-order valence-electron chi connectivity index (χ2n) is 4.85. The van der Waals surface area contributed by atoms with Crippen LogP contribution in [0.1, 0.15) is 31.9 Å². The van der Waals surface area contributed by atoms with Crippen molar-refractivity contribution in [2.24, 2.45) is 0 Å². The van der Waals surface area contributed by atoms with E-state index in [9.17, 15) is 8.42 Å². The Morgan fingerprint density at radius 2 is 2.22 bits per heavy atom. The van der Waals surface area contributed by atoms with Gasteiger partial charge in [-0.25, -0.2) is 8.42 Å². The fourth-order valence-corrected chi connectivity index (χ4v) is 3.16. The quantitative estimate of drug-likeness (QED) is 0.765. The minimum absolute atomic E-state index is 0.180. The van der Waals surface area contributed by atoms with Gasteiger partial charge in [-0.15, -0.1) is 0 Å². The van der Waals surface area contributed by atoms with Gasteiger partial charge >= 0.3 is 0 Å². The van der Waals surface area contributed by atoms with E-state index in [0.29, 0.717) is 19.0 Å². The van der Waals surface area contributed by atoms with E-state index in [1.165, 1.54) is 12.8 Å². The molecule has 1 saturated carbocycles. The van der Waals surface area contributed by atoms with Gasteiger partial charge in [-0.3, -0.25) is 4.68 Å². The van der Waals surface area contributed by atoms with Crippen LogP contribution in [0.3, 0.4) is 0 Å². The molecule has 0 saturated heterocycles. The predicted octanol–water partition coefficient (Wildman–Crippen LogP) is 0.960. The van der Waals surface area contributed by atoms with Crippen molar-refractivity contribution in [3.63, 3.8) is 0 Å². The van der Waals surface area contributed by atoms with Crippen LogP contribution in [0.15, 0.2) is 12.3 Å². The normalized spacial score (nSPS) is 16.1. The van der Waals surface area contributed by atoms with Gasteiger partial charge in [0.1, 0.15) is 0 Å². The van der Waals surface area contributed by atoms with E-state index in [1.54, 1.807) is 10.9 Å². The molecule has 1 fully saturated rings. The van der Waals surface area contributed by atoms with Gasteiger partial charge in [0.25, 0.3) is 0 Å². The Bertz CT molecular complexity index is 477. The van der Waals surface area contributed by atoms with Crippen molar-refractivity contribution in [2.75, 3.05) is 11.5 Å². The number of hydrogen-bond donors (Lipinski definition) is 1.